The van der Waals surface area contributed by atoms with Crippen molar-refractivity contribution in [1.82, 2.24) is 0 Å². The van der Waals surface area contributed by atoms with Crippen molar-refractivity contribution < 1.29 is 8.42 Å². The van der Waals surface area contributed by atoms with Gasteiger partial charge >= 0.3 is 0 Å². The molecule has 0 aromatic rings. The third-order valence-corrected chi connectivity index (χ3v) is 6.47. The molecule has 0 aromatic carbocycles. The highest BCUT2D eigenvalue weighted by atomic mass is 79.9. The molecule has 0 aromatic heterocycles. The molecule has 1 rings (SSSR count). The largest absolute Gasteiger partial charge is 0.229 e. The maximum absolute atomic E-state index is 11.7. The lowest BCUT2D eigenvalue weighted by atomic mass is 9.86. The van der Waals surface area contributed by atoms with Crippen LogP contribution in [-0.4, -0.2) is 24.2 Å². The summed E-state index contributed by atoms with van der Waals surface area (Å²) in [6.07, 6.45) is 4.25. The minimum Gasteiger partial charge on any atom is -0.229 e. The van der Waals surface area contributed by atoms with E-state index in [0.29, 0.717) is 10.6 Å². The zero-order chi connectivity index (χ0) is 11.7. The quantitative estimate of drug-likeness (QED) is 0.747. The van der Waals surface area contributed by atoms with Crippen LogP contribution in [0.2, 0.25) is 0 Å². The fourth-order valence-corrected chi connectivity index (χ4v) is 4.35. The Kier molecular flexibility index (Phi) is 4.27. The highest BCUT2D eigenvalue weighted by Crippen LogP contribution is 2.43. The molecule has 2 unspecified atom stereocenters. The standard InChI is InChI=1S/C11H21BrO2S/c1-9(2)15(13,14)7-6-11(3)5-4-10(12)8-11/h9-10H,4-8H2,1-3H3. The summed E-state index contributed by atoms with van der Waals surface area (Å²) in [4.78, 5) is 0.587. The van der Waals surface area contributed by atoms with Gasteiger partial charge in [-0.05, 0) is 44.9 Å². The van der Waals surface area contributed by atoms with Crippen LogP contribution in [0.3, 0.4) is 0 Å². The van der Waals surface area contributed by atoms with Crippen LogP contribution in [0, 0.1) is 5.41 Å². The summed E-state index contributed by atoms with van der Waals surface area (Å²) in [5.41, 5.74) is 0.232. The molecule has 0 amide bonds. The Bertz CT molecular complexity index is 311. The van der Waals surface area contributed by atoms with Gasteiger partial charge in [-0.15, -0.1) is 0 Å². The predicted octanol–water partition coefficient (Wildman–Crippen LogP) is 3.15. The highest BCUT2D eigenvalue weighted by molar-refractivity contribution is 9.09. The number of alkyl halides is 1. The molecule has 1 aliphatic carbocycles. The van der Waals surface area contributed by atoms with Crippen molar-refractivity contribution in [2.24, 2.45) is 5.41 Å². The fourth-order valence-electron chi connectivity index (χ4n) is 2.10. The summed E-state index contributed by atoms with van der Waals surface area (Å²) < 4.78 is 23.4. The maximum atomic E-state index is 11.7. The minimum atomic E-state index is -2.86. The molecule has 15 heavy (non-hydrogen) atoms. The first-order chi connectivity index (χ1) is 6.75. The molecule has 1 fully saturated rings. The number of hydrogen-bond acceptors (Lipinski definition) is 2. The molecule has 1 saturated carbocycles. The lowest BCUT2D eigenvalue weighted by molar-refractivity contribution is 0.325. The molecule has 0 aliphatic heterocycles. The first-order valence-corrected chi connectivity index (χ1v) is 8.24. The Morgan fingerprint density at radius 2 is 2.07 bits per heavy atom. The smallest absolute Gasteiger partial charge is 0.152 e. The highest BCUT2D eigenvalue weighted by Gasteiger charge is 2.35. The molecular formula is C11H21BrO2S. The summed E-state index contributed by atoms with van der Waals surface area (Å²) in [6, 6.07) is 0. The van der Waals surface area contributed by atoms with Crippen LogP contribution >= 0.6 is 15.9 Å². The van der Waals surface area contributed by atoms with E-state index in [0.717, 1.165) is 19.3 Å². The normalized spacial score (nSPS) is 32.5. The Balaban J connectivity index is 2.51. The third kappa shape index (κ3) is 3.74. The van der Waals surface area contributed by atoms with Gasteiger partial charge in [0.25, 0.3) is 0 Å². The maximum Gasteiger partial charge on any atom is 0.152 e. The van der Waals surface area contributed by atoms with E-state index in [9.17, 15) is 8.42 Å². The predicted molar refractivity (Wildman–Crippen MR) is 68.2 cm³/mol. The molecule has 0 bridgehead atoms. The molecule has 2 nitrogen and oxygen atoms in total. The van der Waals surface area contributed by atoms with E-state index in [4.69, 9.17) is 0 Å². The van der Waals surface area contributed by atoms with E-state index < -0.39 is 9.84 Å². The molecule has 90 valence electrons. The van der Waals surface area contributed by atoms with E-state index in [1.807, 2.05) is 0 Å². The van der Waals surface area contributed by atoms with Gasteiger partial charge in [0, 0.05) is 4.83 Å². The molecule has 0 radical (unpaired) electrons. The molecule has 0 spiro atoms. The lowest BCUT2D eigenvalue weighted by Gasteiger charge is -2.23. The summed E-state index contributed by atoms with van der Waals surface area (Å²) in [5, 5.41) is -0.234. The zero-order valence-electron chi connectivity index (χ0n) is 9.79. The van der Waals surface area contributed by atoms with Gasteiger partial charge in [-0.2, -0.15) is 0 Å². The lowest BCUT2D eigenvalue weighted by Crippen LogP contribution is -2.23. The Morgan fingerprint density at radius 1 is 1.47 bits per heavy atom. The van der Waals surface area contributed by atoms with Gasteiger partial charge < -0.3 is 0 Å². The molecule has 0 heterocycles. The van der Waals surface area contributed by atoms with Crippen molar-refractivity contribution in [2.75, 3.05) is 5.75 Å². The van der Waals surface area contributed by atoms with Crippen LogP contribution in [0.4, 0.5) is 0 Å². The van der Waals surface area contributed by atoms with Gasteiger partial charge in [0.15, 0.2) is 9.84 Å². The zero-order valence-corrected chi connectivity index (χ0v) is 12.2. The second-order valence-electron chi connectivity index (χ2n) is 5.32. The molecule has 1 aliphatic rings. The summed E-state index contributed by atoms with van der Waals surface area (Å²) in [7, 11) is -2.86. The topological polar surface area (TPSA) is 34.1 Å². The third-order valence-electron chi connectivity index (χ3n) is 3.48. The number of hydrogen-bond donors (Lipinski definition) is 0. The summed E-state index contributed by atoms with van der Waals surface area (Å²) >= 11 is 3.61. The van der Waals surface area contributed by atoms with Gasteiger partial charge in [0.05, 0.1) is 11.0 Å². The van der Waals surface area contributed by atoms with Crippen LogP contribution < -0.4 is 0 Å². The average Bonchev–Trinajstić information content (AvgIpc) is 2.44. The van der Waals surface area contributed by atoms with Crippen LogP contribution in [0.25, 0.3) is 0 Å². The van der Waals surface area contributed by atoms with E-state index in [1.54, 1.807) is 13.8 Å². The van der Waals surface area contributed by atoms with E-state index >= 15 is 0 Å². The average molecular weight is 297 g/mol. The van der Waals surface area contributed by atoms with Crippen LogP contribution in [-0.2, 0) is 9.84 Å². The minimum absolute atomic E-state index is 0.232. The first-order valence-electron chi connectivity index (χ1n) is 5.61. The van der Waals surface area contributed by atoms with Gasteiger partial charge in [0.1, 0.15) is 0 Å². The number of rotatable bonds is 4. The Labute approximate surface area is 102 Å². The van der Waals surface area contributed by atoms with Crippen molar-refractivity contribution in [2.45, 2.75) is 56.5 Å². The fraction of sp³-hybridized carbons (Fsp3) is 1.00. The van der Waals surface area contributed by atoms with Crippen LogP contribution in [0.15, 0.2) is 0 Å². The molecule has 0 saturated heterocycles. The molecular weight excluding hydrogens is 276 g/mol. The van der Waals surface area contributed by atoms with Crippen molar-refractivity contribution in [3.63, 3.8) is 0 Å². The van der Waals surface area contributed by atoms with E-state index in [2.05, 4.69) is 22.9 Å². The second-order valence-corrected chi connectivity index (χ2v) is 9.29. The van der Waals surface area contributed by atoms with Gasteiger partial charge in [-0.25, -0.2) is 8.42 Å². The van der Waals surface area contributed by atoms with Crippen molar-refractivity contribution in [3.8, 4) is 0 Å². The molecule has 2 atom stereocenters. The second kappa shape index (κ2) is 4.74. The van der Waals surface area contributed by atoms with Crippen molar-refractivity contribution in [1.29, 1.82) is 0 Å². The van der Waals surface area contributed by atoms with Crippen LogP contribution in [0.5, 0.6) is 0 Å². The monoisotopic (exact) mass is 296 g/mol. The summed E-state index contributed by atoms with van der Waals surface area (Å²) in [5.74, 6) is 0.348. The summed E-state index contributed by atoms with van der Waals surface area (Å²) in [6.45, 7) is 5.74. The van der Waals surface area contributed by atoms with Gasteiger partial charge in [-0.3, -0.25) is 0 Å². The Morgan fingerprint density at radius 3 is 2.47 bits per heavy atom. The van der Waals surface area contributed by atoms with Crippen LogP contribution in [0.1, 0.15) is 46.5 Å². The van der Waals surface area contributed by atoms with Crippen molar-refractivity contribution in [3.05, 3.63) is 0 Å². The number of halogens is 1. The van der Waals surface area contributed by atoms with Gasteiger partial charge in [0.2, 0.25) is 0 Å². The van der Waals surface area contributed by atoms with E-state index in [1.165, 1.54) is 6.42 Å². The SMILES string of the molecule is CC(C)S(=O)(=O)CCC1(C)CCC(Br)C1. The first kappa shape index (κ1) is 13.5. The molecule has 0 N–H and O–H groups in total. The van der Waals surface area contributed by atoms with Crippen molar-refractivity contribution >= 4 is 25.8 Å². The van der Waals surface area contributed by atoms with E-state index in [-0.39, 0.29) is 10.7 Å². The number of sulfone groups is 1. The molecule has 4 heteroatoms. The Hall–Kier alpha value is 0.430. The van der Waals surface area contributed by atoms with Gasteiger partial charge in [-0.1, -0.05) is 22.9 Å².